The molecule has 3 heteroatoms. The smallest absolute Gasteiger partial charge is 0.197 e. The van der Waals surface area contributed by atoms with Gasteiger partial charge in [0.25, 0.3) is 0 Å². The number of rotatable bonds is 5. The predicted molar refractivity (Wildman–Crippen MR) is 37.8 cm³/mol. The van der Waals surface area contributed by atoms with Crippen molar-refractivity contribution in [1.82, 2.24) is 5.32 Å². The Hall–Kier alpha value is 0.140. The van der Waals surface area contributed by atoms with Crippen LogP contribution >= 0.6 is 11.8 Å². The van der Waals surface area contributed by atoms with E-state index in [4.69, 9.17) is 5.11 Å². The minimum absolute atomic E-state index is 0.175. The molecule has 0 fully saturated rings. The van der Waals surface area contributed by atoms with E-state index in [-0.39, 0.29) is 6.61 Å². The Morgan fingerprint density at radius 1 is 1.75 bits per heavy atom. The van der Waals surface area contributed by atoms with Crippen molar-refractivity contribution >= 4 is 11.8 Å². The van der Waals surface area contributed by atoms with Crippen LogP contribution in [-0.4, -0.2) is 31.1 Å². The van der Waals surface area contributed by atoms with E-state index < -0.39 is 0 Å². The minimum atomic E-state index is 0.175. The normalized spacial score (nSPS) is 9.25. The van der Waals surface area contributed by atoms with Crippen LogP contribution in [0.3, 0.4) is 0 Å². The topological polar surface area (TPSA) is 32.3 Å². The number of nitrogens with one attached hydrogen (secondary N) is 1. The summed E-state index contributed by atoms with van der Waals surface area (Å²) in [4.78, 5) is 0. The highest BCUT2D eigenvalue weighted by atomic mass is 32.2. The summed E-state index contributed by atoms with van der Waals surface area (Å²) in [6.07, 6.45) is 0. The van der Waals surface area contributed by atoms with E-state index in [1.165, 1.54) is 0 Å². The van der Waals surface area contributed by atoms with Crippen molar-refractivity contribution in [1.29, 1.82) is 0 Å². The number of thioether (sulfide) groups is 1. The molecule has 0 saturated carbocycles. The van der Waals surface area contributed by atoms with E-state index in [0.29, 0.717) is 0 Å². The summed E-state index contributed by atoms with van der Waals surface area (Å²) in [6.45, 7) is 1.18. The van der Waals surface area contributed by atoms with Crippen LogP contribution in [0.2, 0.25) is 0 Å². The standard InChI is InChI=1S/C5H12NOS/c1-6-2-4-8-5-3-7/h5-7H,2-4H2,1H3/q+1. The second-order valence-corrected chi connectivity index (χ2v) is 2.40. The van der Waals surface area contributed by atoms with E-state index >= 15 is 0 Å². The van der Waals surface area contributed by atoms with Crippen molar-refractivity contribution < 1.29 is 5.11 Å². The van der Waals surface area contributed by atoms with Crippen LogP contribution in [0.5, 0.6) is 0 Å². The number of hydrogen-bond donors (Lipinski definition) is 2. The van der Waals surface area contributed by atoms with Gasteiger partial charge in [-0.1, -0.05) is 0 Å². The molecule has 0 bridgehead atoms. The fourth-order valence-electron chi connectivity index (χ4n) is 0.297. The first-order valence-electron chi connectivity index (χ1n) is 2.60. The maximum absolute atomic E-state index is 8.27. The molecule has 0 aliphatic rings. The van der Waals surface area contributed by atoms with Crippen molar-refractivity contribution in [3.8, 4) is 0 Å². The molecule has 0 aliphatic carbocycles. The van der Waals surface area contributed by atoms with Gasteiger partial charge in [-0.05, 0) is 7.05 Å². The zero-order valence-corrected chi connectivity index (χ0v) is 5.87. The fraction of sp³-hybridized carbons (Fsp3) is 0.800. The van der Waals surface area contributed by atoms with Gasteiger partial charge in [0.05, 0.1) is 17.5 Å². The van der Waals surface area contributed by atoms with Gasteiger partial charge in [-0.3, -0.25) is 0 Å². The van der Waals surface area contributed by atoms with Crippen LogP contribution in [0.25, 0.3) is 0 Å². The number of hydrogen-bond acceptors (Lipinski definition) is 3. The summed E-state index contributed by atoms with van der Waals surface area (Å²) in [6, 6.07) is 0. The van der Waals surface area contributed by atoms with Gasteiger partial charge in [0.1, 0.15) is 0 Å². The van der Waals surface area contributed by atoms with Gasteiger partial charge in [-0.25, -0.2) is 0 Å². The molecule has 0 radical (unpaired) electrons. The first kappa shape index (κ1) is 8.14. The zero-order chi connectivity index (χ0) is 6.24. The Morgan fingerprint density at radius 2 is 2.50 bits per heavy atom. The third kappa shape index (κ3) is 6.14. The Balaban J connectivity index is 2.53. The molecule has 0 saturated heterocycles. The molecule has 48 valence electrons. The van der Waals surface area contributed by atoms with Gasteiger partial charge in [-0.2, -0.15) is 0 Å². The molecule has 0 unspecified atom stereocenters. The van der Waals surface area contributed by atoms with Gasteiger partial charge in [0.2, 0.25) is 0 Å². The molecule has 0 heterocycles. The first-order chi connectivity index (χ1) is 3.91. The molecule has 0 aliphatic heterocycles. The highest BCUT2D eigenvalue weighted by molar-refractivity contribution is 8.01. The first-order valence-corrected chi connectivity index (χ1v) is 3.65. The molecule has 0 amide bonds. The SMILES string of the molecule is CNCCS[CH+]CO. The van der Waals surface area contributed by atoms with Crippen molar-refractivity contribution in [2.75, 3.05) is 26.0 Å². The largest absolute Gasteiger partial charge is 0.355 e. The summed E-state index contributed by atoms with van der Waals surface area (Å²) in [5, 5.41) is 11.3. The summed E-state index contributed by atoms with van der Waals surface area (Å²) in [7, 11) is 1.92. The van der Waals surface area contributed by atoms with E-state index in [1.807, 2.05) is 7.05 Å². The molecule has 0 aromatic carbocycles. The Labute approximate surface area is 54.7 Å². The highest BCUT2D eigenvalue weighted by Gasteiger charge is 1.94. The molecular weight excluding hydrogens is 122 g/mol. The van der Waals surface area contributed by atoms with Crippen LogP contribution < -0.4 is 5.32 Å². The lowest BCUT2D eigenvalue weighted by Crippen LogP contribution is -2.09. The molecule has 0 spiro atoms. The fourth-order valence-corrected chi connectivity index (χ4v) is 0.891. The molecular formula is C5H12NOS+. The molecule has 0 rings (SSSR count). The van der Waals surface area contributed by atoms with Gasteiger partial charge < -0.3 is 10.4 Å². The van der Waals surface area contributed by atoms with Crippen LogP contribution in [-0.2, 0) is 0 Å². The maximum atomic E-state index is 8.27. The Bertz CT molecular complexity index is 37.4. The van der Waals surface area contributed by atoms with E-state index in [0.717, 1.165) is 12.3 Å². The van der Waals surface area contributed by atoms with Crippen molar-refractivity contribution in [2.24, 2.45) is 0 Å². The number of aliphatic hydroxyl groups is 1. The molecule has 8 heavy (non-hydrogen) atoms. The summed E-state index contributed by atoms with van der Waals surface area (Å²) >= 11 is 1.64. The maximum Gasteiger partial charge on any atom is 0.197 e. The average Bonchev–Trinajstić information content (AvgIpc) is 1.81. The van der Waals surface area contributed by atoms with Crippen LogP contribution in [0.1, 0.15) is 0 Å². The van der Waals surface area contributed by atoms with Crippen molar-refractivity contribution in [3.63, 3.8) is 0 Å². The van der Waals surface area contributed by atoms with Gasteiger partial charge >= 0.3 is 0 Å². The van der Waals surface area contributed by atoms with E-state index in [2.05, 4.69) is 5.32 Å². The van der Waals surface area contributed by atoms with E-state index in [1.54, 1.807) is 17.5 Å². The van der Waals surface area contributed by atoms with Crippen LogP contribution in [0.4, 0.5) is 0 Å². The lowest BCUT2D eigenvalue weighted by molar-refractivity contribution is 0.337. The van der Waals surface area contributed by atoms with Gasteiger partial charge in [0, 0.05) is 6.54 Å². The van der Waals surface area contributed by atoms with Gasteiger partial charge in [0.15, 0.2) is 12.4 Å². The molecule has 0 aromatic heterocycles. The monoisotopic (exact) mass is 134 g/mol. The lowest BCUT2D eigenvalue weighted by atomic mass is 10.8. The third-order valence-corrected chi connectivity index (χ3v) is 1.49. The summed E-state index contributed by atoms with van der Waals surface area (Å²) in [5.74, 6) is 2.83. The van der Waals surface area contributed by atoms with Crippen LogP contribution in [0.15, 0.2) is 0 Å². The number of aliphatic hydroxyl groups excluding tert-OH is 1. The van der Waals surface area contributed by atoms with Gasteiger partial charge in [-0.15, -0.1) is 0 Å². The average molecular weight is 134 g/mol. The summed E-state index contributed by atoms with van der Waals surface area (Å²) < 4.78 is 0. The van der Waals surface area contributed by atoms with Crippen molar-refractivity contribution in [3.05, 3.63) is 5.75 Å². The predicted octanol–water partition coefficient (Wildman–Crippen LogP) is 0.0931. The molecule has 2 nitrogen and oxygen atoms in total. The second kappa shape index (κ2) is 7.14. The van der Waals surface area contributed by atoms with Crippen molar-refractivity contribution in [2.45, 2.75) is 0 Å². The Kier molecular flexibility index (Phi) is 7.26. The third-order valence-electron chi connectivity index (χ3n) is 0.662. The van der Waals surface area contributed by atoms with E-state index in [9.17, 15) is 0 Å². The lowest BCUT2D eigenvalue weighted by Gasteiger charge is -1.88. The zero-order valence-electron chi connectivity index (χ0n) is 5.05. The Morgan fingerprint density at radius 3 is 3.00 bits per heavy atom. The molecule has 2 N–H and O–H groups in total. The van der Waals surface area contributed by atoms with Crippen LogP contribution in [0, 0.1) is 5.75 Å². The quantitative estimate of drug-likeness (QED) is 0.413. The molecule has 0 atom stereocenters. The summed E-state index contributed by atoms with van der Waals surface area (Å²) in [5.41, 5.74) is 0. The highest BCUT2D eigenvalue weighted by Crippen LogP contribution is 2.00. The molecule has 0 aromatic rings. The minimum Gasteiger partial charge on any atom is -0.355 e. The second-order valence-electron chi connectivity index (χ2n) is 1.32.